The van der Waals surface area contributed by atoms with Crippen molar-refractivity contribution in [2.45, 2.75) is 52.0 Å². The standard InChI is InChI=1S/C48H59FN4O9S/c1-34(36-3-5-37(6-4-36)43-15-16-51-45-14-9-40(49)30-44(43)45)48(55)53-41-10-12-42(13-11-41)61-27-25-59-23-21-57-19-17-56-18-20-58-22-24-60-26-28-62-46-29-38(47-35(2)52-33-63-47)7-8-39(46)31-50-32-54/h7-16,29-30,32-34,36-37H,3-6,17-28,31H2,1-2H3,(H,50,54)(H,53,55)/t34-,36?,37?/m1/s1. The van der Waals surface area contributed by atoms with Crippen molar-refractivity contribution in [3.8, 4) is 21.9 Å². The number of fused-ring (bicyclic) bond motifs is 1. The summed E-state index contributed by atoms with van der Waals surface area (Å²) in [5.74, 6) is 1.67. The van der Waals surface area contributed by atoms with Crippen molar-refractivity contribution in [3.63, 3.8) is 0 Å². The normalized spacial score (nSPS) is 15.5. The molecule has 2 aromatic heterocycles. The van der Waals surface area contributed by atoms with Crippen molar-refractivity contribution in [2.75, 3.05) is 84.6 Å². The number of aromatic nitrogens is 2. The zero-order valence-corrected chi connectivity index (χ0v) is 37.0. The molecule has 0 radical (unpaired) electrons. The minimum Gasteiger partial charge on any atom is -0.491 e. The Labute approximate surface area is 372 Å². The summed E-state index contributed by atoms with van der Waals surface area (Å²) in [6.45, 7) is 9.54. The number of nitrogens with zero attached hydrogens (tertiary/aromatic N) is 2. The second-order valence-electron chi connectivity index (χ2n) is 15.3. The van der Waals surface area contributed by atoms with Gasteiger partial charge in [0.1, 0.15) is 30.5 Å². The fraction of sp³-hybridized carbons (Fsp3) is 0.458. The number of benzene rings is 3. The van der Waals surface area contributed by atoms with Crippen molar-refractivity contribution in [1.82, 2.24) is 15.3 Å². The molecule has 1 fully saturated rings. The van der Waals surface area contributed by atoms with E-state index in [9.17, 15) is 14.0 Å². The lowest BCUT2D eigenvalue weighted by Gasteiger charge is -2.32. The van der Waals surface area contributed by atoms with Gasteiger partial charge >= 0.3 is 0 Å². The lowest BCUT2D eigenvalue weighted by Crippen LogP contribution is -2.29. The Hall–Kier alpha value is -5.03. The number of thiazole rings is 1. The molecule has 2 N–H and O–H groups in total. The first-order chi connectivity index (χ1) is 30.9. The summed E-state index contributed by atoms with van der Waals surface area (Å²) in [5.41, 5.74) is 7.39. The fourth-order valence-electron chi connectivity index (χ4n) is 7.65. The van der Waals surface area contributed by atoms with E-state index in [0.29, 0.717) is 116 Å². The van der Waals surface area contributed by atoms with Gasteiger partial charge in [0.05, 0.1) is 87.7 Å². The van der Waals surface area contributed by atoms with E-state index in [1.54, 1.807) is 29.7 Å². The fourth-order valence-corrected chi connectivity index (χ4v) is 8.45. The number of carbonyl (C=O) groups excluding carboxylic acids is 2. The van der Waals surface area contributed by atoms with Crippen LogP contribution in [0.3, 0.4) is 0 Å². The van der Waals surface area contributed by atoms with E-state index < -0.39 is 0 Å². The molecule has 15 heteroatoms. The Morgan fingerprint density at radius 2 is 1.41 bits per heavy atom. The number of ether oxygens (including phenoxy) is 7. The maximum Gasteiger partial charge on any atom is 0.227 e. The molecule has 2 amide bonds. The summed E-state index contributed by atoms with van der Waals surface area (Å²) in [6, 6.07) is 20.1. The van der Waals surface area contributed by atoms with Gasteiger partial charge in [-0.2, -0.15) is 0 Å². The van der Waals surface area contributed by atoms with Crippen LogP contribution in [0.25, 0.3) is 21.3 Å². The molecule has 63 heavy (non-hydrogen) atoms. The van der Waals surface area contributed by atoms with Crippen molar-refractivity contribution in [2.24, 2.45) is 11.8 Å². The maximum absolute atomic E-state index is 14.0. The van der Waals surface area contributed by atoms with Crippen LogP contribution in [0.15, 0.2) is 78.4 Å². The van der Waals surface area contributed by atoms with Crippen molar-refractivity contribution >= 4 is 40.2 Å². The molecule has 0 saturated heterocycles. The zero-order valence-electron chi connectivity index (χ0n) is 36.2. The molecule has 1 aliphatic rings. The van der Waals surface area contributed by atoms with E-state index in [0.717, 1.165) is 69.5 Å². The van der Waals surface area contributed by atoms with E-state index in [2.05, 4.69) is 20.6 Å². The molecule has 0 aliphatic heterocycles. The van der Waals surface area contributed by atoms with Gasteiger partial charge < -0.3 is 43.8 Å². The highest BCUT2D eigenvalue weighted by Gasteiger charge is 2.30. The Balaban J connectivity index is 0.722. The Morgan fingerprint density at radius 3 is 2.03 bits per heavy atom. The number of amides is 2. The lowest BCUT2D eigenvalue weighted by atomic mass is 9.73. The predicted molar refractivity (Wildman–Crippen MR) is 241 cm³/mol. The zero-order chi connectivity index (χ0) is 44.1. The molecule has 1 atom stereocenters. The number of hydrogen-bond donors (Lipinski definition) is 2. The molecule has 0 bridgehead atoms. The minimum atomic E-state index is -0.246. The number of nitrogens with one attached hydrogen (secondary N) is 2. The summed E-state index contributed by atoms with van der Waals surface area (Å²) in [5, 5.41) is 6.65. The van der Waals surface area contributed by atoms with Crippen LogP contribution in [0, 0.1) is 24.6 Å². The summed E-state index contributed by atoms with van der Waals surface area (Å²) in [4.78, 5) is 33.8. The third-order valence-corrected chi connectivity index (χ3v) is 12.1. The highest BCUT2D eigenvalue weighted by Crippen LogP contribution is 2.41. The van der Waals surface area contributed by atoms with Crippen LogP contribution < -0.4 is 20.1 Å². The molecule has 3 aromatic carbocycles. The van der Waals surface area contributed by atoms with E-state index in [4.69, 9.17) is 33.2 Å². The summed E-state index contributed by atoms with van der Waals surface area (Å²) in [6.07, 6.45) is 6.29. The first-order valence-electron chi connectivity index (χ1n) is 21.7. The van der Waals surface area contributed by atoms with E-state index in [-0.39, 0.29) is 17.6 Å². The number of halogens is 1. The smallest absolute Gasteiger partial charge is 0.227 e. The average molecular weight is 887 g/mol. The highest BCUT2D eigenvalue weighted by molar-refractivity contribution is 7.13. The molecule has 2 heterocycles. The van der Waals surface area contributed by atoms with Gasteiger partial charge in [-0.1, -0.05) is 19.1 Å². The number of anilines is 1. The first kappa shape index (κ1) is 47.4. The van der Waals surface area contributed by atoms with Crippen molar-refractivity contribution < 1.29 is 47.1 Å². The quantitative estimate of drug-likeness (QED) is 0.0371. The third kappa shape index (κ3) is 15.0. The third-order valence-electron chi connectivity index (χ3n) is 11.1. The second kappa shape index (κ2) is 25.9. The summed E-state index contributed by atoms with van der Waals surface area (Å²) >= 11 is 1.58. The van der Waals surface area contributed by atoms with Gasteiger partial charge in [0.2, 0.25) is 12.3 Å². The average Bonchev–Trinajstić information content (AvgIpc) is 3.74. The number of aryl methyl sites for hydroxylation is 1. The van der Waals surface area contributed by atoms with Crippen molar-refractivity contribution in [1.29, 1.82) is 0 Å². The summed E-state index contributed by atoms with van der Waals surface area (Å²) in [7, 11) is 0. The predicted octanol–water partition coefficient (Wildman–Crippen LogP) is 8.14. The Morgan fingerprint density at radius 1 is 0.778 bits per heavy atom. The molecule has 338 valence electrons. The maximum atomic E-state index is 14.0. The SMILES string of the molecule is Cc1ncsc1-c1ccc(CNC=O)c(OCCOCCOCCOCCOCCOCCOc2ccc(NC(=O)[C@H](C)C3CCC(c4ccnc5ccc(F)cc45)CC3)cc2)c1. The molecule has 0 spiro atoms. The number of pyridine rings is 1. The van der Waals surface area contributed by atoms with Gasteiger partial charge in [0, 0.05) is 35.3 Å². The van der Waals surface area contributed by atoms with E-state index in [1.807, 2.05) is 67.9 Å². The van der Waals surface area contributed by atoms with Gasteiger partial charge in [-0.05, 0) is 110 Å². The van der Waals surface area contributed by atoms with Crippen LogP contribution in [0.2, 0.25) is 0 Å². The van der Waals surface area contributed by atoms with Crippen molar-refractivity contribution in [3.05, 3.63) is 101 Å². The van der Waals surface area contributed by atoms with Crippen LogP contribution in [-0.2, 0) is 39.8 Å². The molecule has 5 aromatic rings. The monoisotopic (exact) mass is 886 g/mol. The molecular weight excluding hydrogens is 828 g/mol. The van der Waals surface area contributed by atoms with Crippen LogP contribution in [-0.4, -0.2) is 102 Å². The Kier molecular flexibility index (Phi) is 19.5. The molecule has 6 rings (SSSR count). The summed E-state index contributed by atoms with van der Waals surface area (Å²) < 4.78 is 53.8. The topological polar surface area (TPSA) is 149 Å². The van der Waals surface area contributed by atoms with E-state index >= 15 is 0 Å². The molecule has 0 unspecified atom stereocenters. The van der Waals surface area contributed by atoms with E-state index in [1.165, 1.54) is 6.07 Å². The Bertz CT molecular complexity index is 2150. The number of hydrogen-bond acceptors (Lipinski definition) is 12. The minimum absolute atomic E-state index is 0.0137. The molecule has 1 saturated carbocycles. The molecule has 13 nitrogen and oxygen atoms in total. The van der Waals surface area contributed by atoms with Crippen LogP contribution in [0.5, 0.6) is 11.5 Å². The van der Waals surface area contributed by atoms with Gasteiger partial charge in [-0.25, -0.2) is 9.37 Å². The van der Waals surface area contributed by atoms with Gasteiger partial charge in [0.25, 0.3) is 0 Å². The van der Waals surface area contributed by atoms with Crippen LogP contribution >= 0.6 is 11.3 Å². The van der Waals surface area contributed by atoms with Crippen LogP contribution in [0.4, 0.5) is 10.1 Å². The number of carbonyl (C=O) groups is 2. The van der Waals surface area contributed by atoms with Gasteiger partial charge in [-0.15, -0.1) is 11.3 Å². The highest BCUT2D eigenvalue weighted by atomic mass is 32.1. The van der Waals surface area contributed by atoms with Gasteiger partial charge in [0.15, 0.2) is 0 Å². The second-order valence-corrected chi connectivity index (χ2v) is 16.2. The number of rotatable bonds is 28. The molecule has 1 aliphatic carbocycles. The lowest BCUT2D eigenvalue weighted by molar-refractivity contribution is -0.121. The van der Waals surface area contributed by atoms with Gasteiger partial charge in [-0.3, -0.25) is 14.6 Å². The first-order valence-corrected chi connectivity index (χ1v) is 22.6. The molecular formula is C48H59FN4O9S. The largest absolute Gasteiger partial charge is 0.491 e. The van der Waals surface area contributed by atoms with Crippen LogP contribution in [0.1, 0.15) is 55.3 Å².